The van der Waals surface area contributed by atoms with Gasteiger partial charge in [0.25, 0.3) is 0 Å². The predicted molar refractivity (Wildman–Crippen MR) is 83.3 cm³/mol. The summed E-state index contributed by atoms with van der Waals surface area (Å²) in [4.78, 5) is 12.1. The Morgan fingerprint density at radius 3 is 2.38 bits per heavy atom. The largest absolute Gasteiger partial charge is 0.325 e. The molecule has 0 aromatic heterocycles. The van der Waals surface area contributed by atoms with E-state index in [2.05, 4.69) is 5.32 Å². The molecule has 0 spiro atoms. The van der Waals surface area contributed by atoms with E-state index >= 15 is 0 Å². The van der Waals surface area contributed by atoms with Crippen LogP contribution < -0.4 is 5.32 Å². The van der Waals surface area contributed by atoms with Gasteiger partial charge in [-0.1, -0.05) is 41.9 Å². The van der Waals surface area contributed by atoms with Gasteiger partial charge in [-0.3, -0.25) is 4.79 Å². The maximum absolute atomic E-state index is 12.0. The van der Waals surface area contributed by atoms with E-state index in [-0.39, 0.29) is 22.9 Å². The van der Waals surface area contributed by atoms with Gasteiger partial charge < -0.3 is 5.32 Å². The fraction of sp³-hybridized carbons (Fsp3) is 0.133. The SMILES string of the molecule is CS(=O)(=O)c1ccccc1NC(=O)Cc1ccccc1Cl. The number of rotatable bonds is 4. The molecule has 2 rings (SSSR count). The van der Waals surface area contributed by atoms with Gasteiger partial charge in [0, 0.05) is 11.3 Å². The molecule has 2 aromatic carbocycles. The van der Waals surface area contributed by atoms with E-state index in [0.717, 1.165) is 6.26 Å². The van der Waals surface area contributed by atoms with Crippen LogP contribution in [-0.2, 0) is 21.1 Å². The lowest BCUT2D eigenvalue weighted by Crippen LogP contribution is -2.16. The highest BCUT2D eigenvalue weighted by Gasteiger charge is 2.15. The zero-order valence-electron chi connectivity index (χ0n) is 11.3. The molecule has 0 aliphatic rings. The molecule has 0 aliphatic heterocycles. The number of amides is 1. The summed E-state index contributed by atoms with van der Waals surface area (Å²) in [5.74, 6) is -0.320. The Labute approximate surface area is 128 Å². The smallest absolute Gasteiger partial charge is 0.228 e. The van der Waals surface area contributed by atoms with Crippen LogP contribution in [0.4, 0.5) is 5.69 Å². The van der Waals surface area contributed by atoms with Crippen LogP contribution in [0.5, 0.6) is 0 Å². The van der Waals surface area contributed by atoms with Crippen LogP contribution in [-0.4, -0.2) is 20.6 Å². The topological polar surface area (TPSA) is 63.2 Å². The van der Waals surface area contributed by atoms with E-state index in [1.165, 1.54) is 6.07 Å². The second-order valence-electron chi connectivity index (χ2n) is 4.58. The van der Waals surface area contributed by atoms with Gasteiger partial charge in [0.05, 0.1) is 17.0 Å². The number of hydrogen-bond acceptors (Lipinski definition) is 3. The summed E-state index contributed by atoms with van der Waals surface area (Å²) in [5.41, 5.74) is 0.963. The molecule has 0 aliphatic carbocycles. The molecule has 0 bridgehead atoms. The van der Waals surface area contributed by atoms with Crippen molar-refractivity contribution < 1.29 is 13.2 Å². The van der Waals surface area contributed by atoms with Gasteiger partial charge in [0.1, 0.15) is 0 Å². The van der Waals surface area contributed by atoms with Crippen molar-refractivity contribution >= 4 is 33.0 Å². The highest BCUT2D eigenvalue weighted by atomic mass is 35.5. The summed E-state index contributed by atoms with van der Waals surface area (Å²) in [7, 11) is -3.40. The van der Waals surface area contributed by atoms with Crippen molar-refractivity contribution in [3.63, 3.8) is 0 Å². The van der Waals surface area contributed by atoms with E-state index < -0.39 is 9.84 Å². The summed E-state index contributed by atoms with van der Waals surface area (Å²) >= 11 is 6.00. The minimum Gasteiger partial charge on any atom is -0.325 e. The number of carbonyl (C=O) groups excluding carboxylic acids is 1. The van der Waals surface area contributed by atoms with E-state index in [0.29, 0.717) is 10.6 Å². The quantitative estimate of drug-likeness (QED) is 0.941. The molecule has 0 saturated heterocycles. The van der Waals surface area contributed by atoms with Crippen LogP contribution in [0.1, 0.15) is 5.56 Å². The number of halogens is 1. The molecule has 1 N–H and O–H groups in total. The monoisotopic (exact) mass is 323 g/mol. The zero-order chi connectivity index (χ0) is 15.5. The van der Waals surface area contributed by atoms with E-state index in [9.17, 15) is 13.2 Å². The Balaban J connectivity index is 2.20. The molecular weight excluding hydrogens is 310 g/mol. The number of benzene rings is 2. The summed E-state index contributed by atoms with van der Waals surface area (Å²) in [6, 6.07) is 13.3. The van der Waals surface area contributed by atoms with Gasteiger partial charge in [0.2, 0.25) is 5.91 Å². The predicted octanol–water partition coefficient (Wildman–Crippen LogP) is 2.92. The van der Waals surface area contributed by atoms with E-state index in [4.69, 9.17) is 11.6 Å². The number of anilines is 1. The lowest BCUT2D eigenvalue weighted by molar-refractivity contribution is -0.115. The Morgan fingerprint density at radius 2 is 1.71 bits per heavy atom. The number of para-hydroxylation sites is 1. The van der Waals surface area contributed by atoms with Gasteiger partial charge in [-0.25, -0.2) is 8.42 Å². The average Bonchev–Trinajstić information content (AvgIpc) is 2.41. The molecular formula is C15H14ClNO3S. The molecule has 2 aromatic rings. The van der Waals surface area contributed by atoms with Crippen molar-refractivity contribution in [2.24, 2.45) is 0 Å². The normalized spacial score (nSPS) is 11.1. The van der Waals surface area contributed by atoms with Crippen molar-refractivity contribution in [1.82, 2.24) is 0 Å². The van der Waals surface area contributed by atoms with Crippen LogP contribution in [0.25, 0.3) is 0 Å². The highest BCUT2D eigenvalue weighted by molar-refractivity contribution is 7.90. The van der Waals surface area contributed by atoms with Gasteiger partial charge in [-0.05, 0) is 23.8 Å². The van der Waals surface area contributed by atoms with Gasteiger partial charge >= 0.3 is 0 Å². The van der Waals surface area contributed by atoms with Crippen LogP contribution >= 0.6 is 11.6 Å². The second kappa shape index (κ2) is 6.28. The standard InChI is InChI=1S/C15H14ClNO3S/c1-21(19,20)14-9-5-4-8-13(14)17-15(18)10-11-6-2-3-7-12(11)16/h2-9H,10H2,1H3,(H,17,18). The molecule has 6 heteroatoms. The van der Waals surface area contributed by atoms with Crippen LogP contribution in [0.2, 0.25) is 5.02 Å². The Kier molecular flexibility index (Phi) is 4.65. The molecule has 4 nitrogen and oxygen atoms in total. The van der Waals surface area contributed by atoms with Crippen LogP contribution in [0.15, 0.2) is 53.4 Å². The second-order valence-corrected chi connectivity index (χ2v) is 6.98. The van der Waals surface area contributed by atoms with Crippen LogP contribution in [0.3, 0.4) is 0 Å². The Hall–Kier alpha value is -1.85. The molecule has 0 heterocycles. The molecule has 0 fully saturated rings. The molecule has 0 unspecified atom stereocenters. The highest BCUT2D eigenvalue weighted by Crippen LogP contribution is 2.21. The molecule has 0 saturated carbocycles. The Morgan fingerprint density at radius 1 is 1.10 bits per heavy atom. The van der Waals surface area contributed by atoms with E-state index in [1.807, 2.05) is 0 Å². The summed E-state index contributed by atoms with van der Waals surface area (Å²) in [6.45, 7) is 0. The third-order valence-electron chi connectivity index (χ3n) is 2.87. The fourth-order valence-electron chi connectivity index (χ4n) is 1.90. The van der Waals surface area contributed by atoms with Crippen molar-refractivity contribution in [3.8, 4) is 0 Å². The van der Waals surface area contributed by atoms with Crippen molar-refractivity contribution in [3.05, 3.63) is 59.1 Å². The fourth-order valence-corrected chi connectivity index (χ4v) is 2.95. The van der Waals surface area contributed by atoms with E-state index in [1.54, 1.807) is 42.5 Å². The summed E-state index contributed by atoms with van der Waals surface area (Å²) in [5, 5.41) is 3.12. The molecule has 21 heavy (non-hydrogen) atoms. The summed E-state index contributed by atoms with van der Waals surface area (Å²) < 4.78 is 23.4. The van der Waals surface area contributed by atoms with Crippen molar-refractivity contribution in [1.29, 1.82) is 0 Å². The first kappa shape index (κ1) is 15.5. The van der Waals surface area contributed by atoms with Crippen molar-refractivity contribution in [2.75, 3.05) is 11.6 Å². The maximum Gasteiger partial charge on any atom is 0.228 e. The third-order valence-corrected chi connectivity index (χ3v) is 4.39. The van der Waals surface area contributed by atoms with Gasteiger partial charge in [-0.2, -0.15) is 0 Å². The third kappa shape index (κ3) is 4.06. The summed E-state index contributed by atoms with van der Waals surface area (Å²) in [6.07, 6.45) is 1.18. The first-order valence-electron chi connectivity index (χ1n) is 6.20. The minimum atomic E-state index is -3.40. The van der Waals surface area contributed by atoms with Gasteiger partial charge in [0.15, 0.2) is 9.84 Å². The molecule has 1 amide bonds. The number of carbonyl (C=O) groups is 1. The minimum absolute atomic E-state index is 0.0811. The lowest BCUT2D eigenvalue weighted by atomic mass is 10.1. The average molecular weight is 324 g/mol. The van der Waals surface area contributed by atoms with Crippen LogP contribution in [0, 0.1) is 0 Å². The first-order chi connectivity index (χ1) is 9.88. The number of hydrogen-bond donors (Lipinski definition) is 1. The number of nitrogens with one attached hydrogen (secondary N) is 1. The molecule has 0 radical (unpaired) electrons. The molecule has 110 valence electrons. The zero-order valence-corrected chi connectivity index (χ0v) is 12.9. The first-order valence-corrected chi connectivity index (χ1v) is 8.47. The molecule has 0 atom stereocenters. The lowest BCUT2D eigenvalue weighted by Gasteiger charge is -2.10. The maximum atomic E-state index is 12.0. The van der Waals surface area contributed by atoms with Crippen molar-refractivity contribution in [2.45, 2.75) is 11.3 Å². The Bertz CT molecular complexity index is 772. The van der Waals surface area contributed by atoms with Gasteiger partial charge in [-0.15, -0.1) is 0 Å². The number of sulfone groups is 1.